The van der Waals surface area contributed by atoms with Crippen molar-refractivity contribution in [3.05, 3.63) is 58.1 Å². The van der Waals surface area contributed by atoms with E-state index in [9.17, 15) is 19.8 Å². The Balaban J connectivity index is 2.25. The Bertz CT molecular complexity index is 893. The number of nitrogens with zero attached hydrogens (tertiary/aromatic N) is 1. The number of phenols is 2. The fraction of sp³-hybridized carbons (Fsp3) is 0.167. The molecule has 2 aromatic rings. The standard InChI is InChI=1S/C18H13NO4/c1-9(8-19)6-10-7-13(20)14-15(16(10)21)18(23)12-5-3-2-4-11(12)17(14)22/h2-5,7,9,20-21H,6H2,1H3. The van der Waals surface area contributed by atoms with Gasteiger partial charge in [-0.05, 0) is 25.0 Å². The lowest BCUT2D eigenvalue weighted by Crippen LogP contribution is -2.21. The number of carbonyl (C=O) groups is 2. The lowest BCUT2D eigenvalue weighted by atomic mass is 9.81. The molecule has 0 fully saturated rings. The molecule has 0 radical (unpaired) electrons. The van der Waals surface area contributed by atoms with Crippen LogP contribution in [0.5, 0.6) is 11.5 Å². The maximum absolute atomic E-state index is 12.6. The molecule has 2 N–H and O–H groups in total. The Kier molecular flexibility index (Phi) is 3.38. The molecule has 0 spiro atoms. The van der Waals surface area contributed by atoms with Crippen LogP contribution in [-0.2, 0) is 6.42 Å². The van der Waals surface area contributed by atoms with E-state index in [2.05, 4.69) is 0 Å². The van der Waals surface area contributed by atoms with Gasteiger partial charge < -0.3 is 10.2 Å². The van der Waals surface area contributed by atoms with Crippen molar-refractivity contribution in [2.75, 3.05) is 0 Å². The van der Waals surface area contributed by atoms with Gasteiger partial charge in [-0.25, -0.2) is 0 Å². The zero-order chi connectivity index (χ0) is 16.7. The third kappa shape index (κ3) is 2.16. The molecular formula is C18H13NO4. The highest BCUT2D eigenvalue weighted by molar-refractivity contribution is 6.30. The molecular weight excluding hydrogens is 294 g/mol. The number of fused-ring (bicyclic) bond motifs is 2. The lowest BCUT2D eigenvalue weighted by molar-refractivity contribution is 0.0974. The topological polar surface area (TPSA) is 98.4 Å². The molecule has 0 amide bonds. The summed E-state index contributed by atoms with van der Waals surface area (Å²) in [6, 6.07) is 9.58. The number of phenolic OH excluding ortho intramolecular Hbond substituents is 2. The number of benzene rings is 2. The molecule has 114 valence electrons. The average Bonchev–Trinajstić information content (AvgIpc) is 2.55. The molecule has 0 bridgehead atoms. The van der Waals surface area contributed by atoms with Gasteiger partial charge in [0.25, 0.3) is 0 Å². The van der Waals surface area contributed by atoms with E-state index in [0.717, 1.165) is 0 Å². The van der Waals surface area contributed by atoms with Gasteiger partial charge in [0.1, 0.15) is 11.5 Å². The number of ketones is 2. The van der Waals surface area contributed by atoms with E-state index in [1.807, 2.05) is 6.07 Å². The molecule has 0 aromatic heterocycles. The van der Waals surface area contributed by atoms with E-state index in [-0.39, 0.29) is 45.7 Å². The second kappa shape index (κ2) is 5.25. The van der Waals surface area contributed by atoms with Gasteiger partial charge in [-0.3, -0.25) is 9.59 Å². The predicted octanol–water partition coefficient (Wildman–Crippen LogP) is 2.58. The van der Waals surface area contributed by atoms with Crippen molar-refractivity contribution in [3.63, 3.8) is 0 Å². The zero-order valence-electron chi connectivity index (χ0n) is 12.3. The minimum atomic E-state index is -0.505. The second-order valence-corrected chi connectivity index (χ2v) is 5.59. The Morgan fingerprint density at radius 1 is 1.09 bits per heavy atom. The molecule has 2 aromatic carbocycles. The Labute approximate surface area is 132 Å². The maximum Gasteiger partial charge on any atom is 0.198 e. The van der Waals surface area contributed by atoms with Crippen LogP contribution in [0, 0.1) is 17.2 Å². The van der Waals surface area contributed by atoms with Crippen molar-refractivity contribution in [1.82, 2.24) is 0 Å². The summed E-state index contributed by atoms with van der Waals surface area (Å²) in [5, 5.41) is 29.5. The quantitative estimate of drug-likeness (QED) is 0.709. The van der Waals surface area contributed by atoms with Crippen molar-refractivity contribution >= 4 is 11.6 Å². The first-order valence-corrected chi connectivity index (χ1v) is 7.11. The van der Waals surface area contributed by atoms with Crippen LogP contribution < -0.4 is 0 Å². The molecule has 3 rings (SSSR count). The van der Waals surface area contributed by atoms with E-state index in [1.165, 1.54) is 18.2 Å². The average molecular weight is 307 g/mol. The van der Waals surface area contributed by atoms with Crippen LogP contribution >= 0.6 is 0 Å². The van der Waals surface area contributed by atoms with Crippen LogP contribution in [0.3, 0.4) is 0 Å². The summed E-state index contributed by atoms with van der Waals surface area (Å²) in [5.74, 6) is -2.10. The minimum absolute atomic E-state index is 0.173. The molecule has 1 unspecified atom stereocenters. The fourth-order valence-corrected chi connectivity index (χ4v) is 2.84. The summed E-state index contributed by atoms with van der Waals surface area (Å²) in [6.07, 6.45) is 0.173. The maximum atomic E-state index is 12.6. The third-order valence-corrected chi connectivity index (χ3v) is 3.97. The van der Waals surface area contributed by atoms with E-state index in [0.29, 0.717) is 0 Å². The molecule has 23 heavy (non-hydrogen) atoms. The molecule has 5 nitrogen and oxygen atoms in total. The number of hydrogen-bond acceptors (Lipinski definition) is 5. The molecule has 0 heterocycles. The van der Waals surface area contributed by atoms with Gasteiger partial charge in [-0.1, -0.05) is 24.3 Å². The van der Waals surface area contributed by atoms with Gasteiger partial charge in [0.2, 0.25) is 0 Å². The summed E-state index contributed by atoms with van der Waals surface area (Å²) >= 11 is 0. The van der Waals surface area contributed by atoms with Crippen LogP contribution in [0.4, 0.5) is 0 Å². The first-order chi connectivity index (χ1) is 11.0. The van der Waals surface area contributed by atoms with Crippen LogP contribution in [0.2, 0.25) is 0 Å². The molecule has 1 aliphatic carbocycles. The van der Waals surface area contributed by atoms with Crippen LogP contribution in [0.1, 0.15) is 44.3 Å². The number of hydrogen-bond donors (Lipinski definition) is 2. The van der Waals surface area contributed by atoms with Crippen molar-refractivity contribution < 1.29 is 19.8 Å². The van der Waals surface area contributed by atoms with Crippen molar-refractivity contribution in [3.8, 4) is 17.6 Å². The van der Waals surface area contributed by atoms with Gasteiger partial charge in [0.05, 0.1) is 17.2 Å². The molecule has 0 saturated carbocycles. The summed E-state index contributed by atoms with van der Waals surface area (Å²) in [4.78, 5) is 25.2. The predicted molar refractivity (Wildman–Crippen MR) is 81.6 cm³/mol. The second-order valence-electron chi connectivity index (χ2n) is 5.59. The molecule has 1 atom stereocenters. The van der Waals surface area contributed by atoms with Gasteiger partial charge in [0, 0.05) is 17.0 Å². The van der Waals surface area contributed by atoms with Gasteiger partial charge in [-0.15, -0.1) is 0 Å². The highest BCUT2D eigenvalue weighted by Crippen LogP contribution is 2.40. The third-order valence-electron chi connectivity index (χ3n) is 3.97. The summed E-state index contributed by atoms with van der Waals surface area (Å²) < 4.78 is 0. The van der Waals surface area contributed by atoms with Gasteiger partial charge >= 0.3 is 0 Å². The molecule has 1 aliphatic rings. The summed E-state index contributed by atoms with van der Waals surface area (Å²) in [7, 11) is 0. The Morgan fingerprint density at radius 3 is 2.22 bits per heavy atom. The number of carbonyl (C=O) groups excluding carboxylic acids is 2. The van der Waals surface area contributed by atoms with Gasteiger partial charge in [0.15, 0.2) is 11.6 Å². The van der Waals surface area contributed by atoms with E-state index in [1.54, 1.807) is 19.1 Å². The van der Waals surface area contributed by atoms with E-state index < -0.39 is 17.5 Å². The molecule has 0 aliphatic heterocycles. The SMILES string of the molecule is CC(C#N)Cc1cc(O)c2c(c1O)C(=O)c1ccccc1C2=O. The normalized spacial score (nSPS) is 13.9. The first-order valence-electron chi connectivity index (χ1n) is 7.11. The highest BCUT2D eigenvalue weighted by atomic mass is 16.3. The number of nitriles is 1. The Morgan fingerprint density at radius 2 is 1.65 bits per heavy atom. The lowest BCUT2D eigenvalue weighted by Gasteiger charge is -2.21. The van der Waals surface area contributed by atoms with Gasteiger partial charge in [-0.2, -0.15) is 5.26 Å². The Hall–Kier alpha value is -3.13. The molecule has 5 heteroatoms. The fourth-order valence-electron chi connectivity index (χ4n) is 2.84. The molecule has 0 saturated heterocycles. The van der Waals surface area contributed by atoms with Crippen LogP contribution in [0.25, 0.3) is 0 Å². The number of aromatic hydroxyl groups is 2. The zero-order valence-corrected chi connectivity index (χ0v) is 12.3. The van der Waals surface area contributed by atoms with Crippen molar-refractivity contribution in [1.29, 1.82) is 5.26 Å². The summed E-state index contributed by atoms with van der Waals surface area (Å²) in [6.45, 7) is 1.66. The van der Waals surface area contributed by atoms with Crippen molar-refractivity contribution in [2.45, 2.75) is 13.3 Å². The number of rotatable bonds is 2. The monoisotopic (exact) mass is 307 g/mol. The smallest absolute Gasteiger partial charge is 0.198 e. The van der Waals surface area contributed by atoms with Crippen LogP contribution in [0.15, 0.2) is 30.3 Å². The van der Waals surface area contributed by atoms with E-state index >= 15 is 0 Å². The largest absolute Gasteiger partial charge is 0.507 e. The summed E-state index contributed by atoms with van der Waals surface area (Å²) in [5.41, 5.74) is 0.312. The highest BCUT2D eigenvalue weighted by Gasteiger charge is 2.35. The van der Waals surface area contributed by atoms with Crippen LogP contribution in [-0.4, -0.2) is 21.8 Å². The van der Waals surface area contributed by atoms with Crippen molar-refractivity contribution in [2.24, 2.45) is 5.92 Å². The minimum Gasteiger partial charge on any atom is -0.507 e. The first kappa shape index (κ1) is 14.8. The van der Waals surface area contributed by atoms with E-state index in [4.69, 9.17) is 5.26 Å².